The lowest BCUT2D eigenvalue weighted by molar-refractivity contribution is -0.123. The van der Waals surface area contributed by atoms with Crippen LogP contribution in [-0.4, -0.2) is 17.6 Å². The van der Waals surface area contributed by atoms with Gasteiger partial charge in [-0.25, -0.2) is 0 Å². The number of hydrogen-bond donors (Lipinski definition) is 3. The maximum Gasteiger partial charge on any atom is 0.276 e. The Morgan fingerprint density at radius 3 is 2.38 bits per heavy atom. The smallest absolute Gasteiger partial charge is 0.276 e. The van der Waals surface area contributed by atoms with Crippen LogP contribution >= 0.6 is 28.1 Å². The first kappa shape index (κ1) is 18.2. The Labute approximate surface area is 154 Å². The van der Waals surface area contributed by atoms with E-state index in [0.717, 1.165) is 21.3 Å². The van der Waals surface area contributed by atoms with Crippen molar-refractivity contribution in [2.24, 2.45) is 0 Å². The number of halogens is 1. The van der Waals surface area contributed by atoms with E-state index < -0.39 is 0 Å². The van der Waals surface area contributed by atoms with Gasteiger partial charge in [-0.3, -0.25) is 15.6 Å². The molecular weight excluding hydrogens is 390 g/mol. The molecule has 2 aromatic carbocycles. The number of hydrogen-bond acceptors (Lipinski definition) is 3. The summed E-state index contributed by atoms with van der Waals surface area (Å²) >= 11 is 8.59. The van der Waals surface area contributed by atoms with Crippen LogP contribution in [0, 0.1) is 13.8 Å². The average Bonchev–Trinajstić information content (AvgIpc) is 2.56. The zero-order valence-electron chi connectivity index (χ0n) is 13.4. The summed E-state index contributed by atoms with van der Waals surface area (Å²) in [6.07, 6.45) is 0. The van der Waals surface area contributed by atoms with Crippen molar-refractivity contribution < 1.29 is 9.53 Å². The molecule has 0 saturated carbocycles. The molecule has 0 heterocycles. The Kier molecular flexibility index (Phi) is 6.57. The van der Waals surface area contributed by atoms with Crippen molar-refractivity contribution in [3.8, 4) is 5.75 Å². The van der Waals surface area contributed by atoms with Gasteiger partial charge in [-0.2, -0.15) is 0 Å². The van der Waals surface area contributed by atoms with Gasteiger partial charge in [-0.05, 0) is 61.5 Å². The zero-order chi connectivity index (χ0) is 17.5. The molecule has 0 aromatic heterocycles. The van der Waals surface area contributed by atoms with Gasteiger partial charge in [0.25, 0.3) is 5.91 Å². The first-order valence-electron chi connectivity index (χ1n) is 7.26. The van der Waals surface area contributed by atoms with Gasteiger partial charge in [0.2, 0.25) is 0 Å². The molecule has 1 amide bonds. The van der Waals surface area contributed by atoms with Gasteiger partial charge in [0, 0.05) is 10.2 Å². The first-order chi connectivity index (χ1) is 11.5. The molecule has 24 heavy (non-hydrogen) atoms. The number of benzene rings is 2. The fourth-order valence-electron chi connectivity index (χ4n) is 1.98. The Hall–Kier alpha value is -2.12. The number of aryl methyl sites for hydroxylation is 2. The van der Waals surface area contributed by atoms with E-state index >= 15 is 0 Å². The summed E-state index contributed by atoms with van der Waals surface area (Å²) in [5.74, 6) is 0.318. The third-order valence-corrected chi connectivity index (χ3v) is 4.58. The largest absolute Gasteiger partial charge is 0.484 e. The minimum atomic E-state index is -0.328. The number of hydrazine groups is 1. The molecule has 7 heteroatoms. The molecule has 2 aromatic rings. The summed E-state index contributed by atoms with van der Waals surface area (Å²) in [5, 5.41) is 3.25. The molecule has 2 rings (SSSR count). The summed E-state index contributed by atoms with van der Waals surface area (Å²) in [5.41, 5.74) is 8.06. The van der Waals surface area contributed by atoms with Gasteiger partial charge in [0.05, 0.1) is 0 Å². The van der Waals surface area contributed by atoms with Gasteiger partial charge in [-0.15, -0.1) is 0 Å². The second-order valence-electron chi connectivity index (χ2n) is 5.15. The number of thiocarbonyl (C=S) groups is 1. The third kappa shape index (κ3) is 5.50. The molecule has 5 nitrogen and oxygen atoms in total. The van der Waals surface area contributed by atoms with E-state index in [4.69, 9.17) is 17.0 Å². The van der Waals surface area contributed by atoms with Crippen LogP contribution in [0.1, 0.15) is 11.1 Å². The van der Waals surface area contributed by atoms with Gasteiger partial charge in [0.15, 0.2) is 11.7 Å². The maximum atomic E-state index is 11.8. The van der Waals surface area contributed by atoms with Crippen LogP contribution in [0.2, 0.25) is 0 Å². The van der Waals surface area contributed by atoms with Crippen LogP contribution in [-0.2, 0) is 4.79 Å². The standard InChI is InChI=1S/C17H18BrN3O2S/c1-11-8-14(9-12(2)16(11)18)23-10-15(22)20-21-17(24)19-13-6-4-3-5-7-13/h3-9H,10H2,1-2H3,(H,20,22)(H2,19,21,24). The molecular formula is C17H18BrN3O2S. The summed E-state index contributed by atoms with van der Waals surface area (Å²) < 4.78 is 6.54. The number of nitrogens with one attached hydrogen (secondary N) is 3. The van der Waals surface area contributed by atoms with Crippen molar-refractivity contribution in [3.05, 3.63) is 58.1 Å². The van der Waals surface area contributed by atoms with Crippen LogP contribution in [0.3, 0.4) is 0 Å². The monoisotopic (exact) mass is 407 g/mol. The van der Waals surface area contributed by atoms with Crippen molar-refractivity contribution >= 4 is 44.9 Å². The number of para-hydroxylation sites is 1. The molecule has 3 N–H and O–H groups in total. The van der Waals surface area contributed by atoms with E-state index in [9.17, 15) is 4.79 Å². The molecule has 0 fully saturated rings. The van der Waals surface area contributed by atoms with Crippen molar-refractivity contribution in [1.29, 1.82) is 0 Å². The van der Waals surface area contributed by atoms with E-state index in [2.05, 4.69) is 32.1 Å². The lowest BCUT2D eigenvalue weighted by Gasteiger charge is -2.13. The summed E-state index contributed by atoms with van der Waals surface area (Å²) in [6.45, 7) is 3.83. The minimum Gasteiger partial charge on any atom is -0.484 e. The van der Waals surface area contributed by atoms with Crippen LogP contribution in [0.25, 0.3) is 0 Å². The van der Waals surface area contributed by atoms with Crippen molar-refractivity contribution in [2.45, 2.75) is 13.8 Å². The molecule has 0 spiro atoms. The second kappa shape index (κ2) is 8.65. The van der Waals surface area contributed by atoms with Crippen LogP contribution in [0.15, 0.2) is 46.9 Å². The fourth-order valence-corrected chi connectivity index (χ4v) is 2.38. The Bertz CT molecular complexity index is 715. The van der Waals surface area contributed by atoms with Crippen molar-refractivity contribution in [2.75, 3.05) is 11.9 Å². The van der Waals surface area contributed by atoms with Crippen molar-refractivity contribution in [3.63, 3.8) is 0 Å². The molecule has 0 atom stereocenters. The number of anilines is 1. The molecule has 126 valence electrons. The molecule has 0 unspecified atom stereocenters. The van der Waals surface area contributed by atoms with E-state index in [1.807, 2.05) is 56.3 Å². The van der Waals surface area contributed by atoms with Crippen LogP contribution < -0.4 is 20.9 Å². The highest BCUT2D eigenvalue weighted by Gasteiger charge is 2.07. The maximum absolute atomic E-state index is 11.8. The topological polar surface area (TPSA) is 62.4 Å². The highest BCUT2D eigenvalue weighted by Crippen LogP contribution is 2.26. The fraction of sp³-hybridized carbons (Fsp3) is 0.176. The molecule has 0 aliphatic carbocycles. The SMILES string of the molecule is Cc1cc(OCC(=O)NNC(=S)Nc2ccccc2)cc(C)c1Br. The number of rotatable bonds is 4. The number of amides is 1. The van der Waals surface area contributed by atoms with Crippen LogP contribution in [0.5, 0.6) is 5.75 Å². The van der Waals surface area contributed by atoms with E-state index in [-0.39, 0.29) is 12.5 Å². The highest BCUT2D eigenvalue weighted by molar-refractivity contribution is 9.10. The molecule has 0 aliphatic heterocycles. The van der Waals surface area contributed by atoms with E-state index in [1.54, 1.807) is 0 Å². The molecule has 0 saturated heterocycles. The second-order valence-corrected chi connectivity index (χ2v) is 6.35. The summed E-state index contributed by atoms with van der Waals surface area (Å²) in [4.78, 5) is 11.8. The lowest BCUT2D eigenvalue weighted by Crippen LogP contribution is -2.45. The van der Waals surface area contributed by atoms with E-state index in [0.29, 0.717) is 10.9 Å². The number of ether oxygens (including phenoxy) is 1. The van der Waals surface area contributed by atoms with Gasteiger partial charge >= 0.3 is 0 Å². The highest BCUT2D eigenvalue weighted by atomic mass is 79.9. The summed E-state index contributed by atoms with van der Waals surface area (Å²) in [7, 11) is 0. The van der Waals surface area contributed by atoms with Crippen molar-refractivity contribution in [1.82, 2.24) is 10.9 Å². The lowest BCUT2D eigenvalue weighted by atomic mass is 10.1. The zero-order valence-corrected chi connectivity index (χ0v) is 15.8. The van der Waals surface area contributed by atoms with Gasteiger partial charge in [0.1, 0.15) is 5.75 Å². The number of carbonyl (C=O) groups excluding carboxylic acids is 1. The third-order valence-electron chi connectivity index (χ3n) is 3.13. The van der Waals surface area contributed by atoms with E-state index in [1.165, 1.54) is 0 Å². The molecule has 0 bridgehead atoms. The van der Waals surface area contributed by atoms with Gasteiger partial charge in [-0.1, -0.05) is 34.1 Å². The van der Waals surface area contributed by atoms with Crippen LogP contribution in [0.4, 0.5) is 5.69 Å². The predicted molar refractivity (Wildman–Crippen MR) is 103 cm³/mol. The average molecular weight is 408 g/mol. The first-order valence-corrected chi connectivity index (χ1v) is 8.46. The normalized spacial score (nSPS) is 9.96. The minimum absolute atomic E-state index is 0.110. The Balaban J connectivity index is 1.76. The summed E-state index contributed by atoms with van der Waals surface area (Å²) in [6, 6.07) is 13.2. The quantitative estimate of drug-likeness (QED) is 0.534. The molecule has 0 radical (unpaired) electrons. The number of carbonyl (C=O) groups is 1. The predicted octanol–water partition coefficient (Wildman–Crippen LogP) is 3.46. The van der Waals surface area contributed by atoms with Gasteiger partial charge < -0.3 is 10.1 Å². The molecule has 0 aliphatic rings. The Morgan fingerprint density at radius 2 is 1.75 bits per heavy atom. The Morgan fingerprint density at radius 1 is 1.12 bits per heavy atom.